The SMILES string of the molecule is CC1(C)CC(=O)C(C(=O)c2ccc(C(F)(F)F)cc2[N+](=O)[O-])C(=O)C1. The first-order valence-corrected chi connectivity index (χ1v) is 7.29. The summed E-state index contributed by atoms with van der Waals surface area (Å²) in [6.45, 7) is 3.34. The molecule has 0 aromatic heterocycles. The highest BCUT2D eigenvalue weighted by Gasteiger charge is 2.45. The second kappa shape index (κ2) is 6.05. The lowest BCUT2D eigenvalue weighted by atomic mass is 9.69. The van der Waals surface area contributed by atoms with Crippen molar-refractivity contribution in [2.45, 2.75) is 32.9 Å². The van der Waals surface area contributed by atoms with Crippen molar-refractivity contribution in [2.24, 2.45) is 11.3 Å². The Morgan fingerprint density at radius 3 is 2.16 bits per heavy atom. The van der Waals surface area contributed by atoms with Crippen molar-refractivity contribution in [3.63, 3.8) is 0 Å². The van der Waals surface area contributed by atoms with Crippen LogP contribution in [0.3, 0.4) is 0 Å². The third-order valence-corrected chi connectivity index (χ3v) is 4.00. The van der Waals surface area contributed by atoms with Gasteiger partial charge in [0.05, 0.1) is 16.1 Å². The maximum atomic E-state index is 12.7. The van der Waals surface area contributed by atoms with Crippen LogP contribution < -0.4 is 0 Å². The topological polar surface area (TPSA) is 94.3 Å². The van der Waals surface area contributed by atoms with Gasteiger partial charge >= 0.3 is 6.18 Å². The van der Waals surface area contributed by atoms with Crippen LogP contribution in [0, 0.1) is 21.4 Å². The van der Waals surface area contributed by atoms with E-state index in [1.807, 2.05) is 0 Å². The van der Waals surface area contributed by atoms with Gasteiger partial charge in [0, 0.05) is 18.9 Å². The molecule has 134 valence electrons. The van der Waals surface area contributed by atoms with Crippen molar-refractivity contribution < 1.29 is 32.5 Å². The molecular formula is C16H14F3NO5. The maximum Gasteiger partial charge on any atom is 0.416 e. The van der Waals surface area contributed by atoms with Gasteiger partial charge in [0.2, 0.25) is 0 Å². The number of Topliss-reactive ketones (excluding diaryl/α,β-unsaturated/α-hetero) is 3. The quantitative estimate of drug-likeness (QED) is 0.358. The summed E-state index contributed by atoms with van der Waals surface area (Å²) in [5.41, 5.74) is -3.68. The Morgan fingerprint density at radius 2 is 1.72 bits per heavy atom. The molecule has 1 aliphatic carbocycles. The molecule has 25 heavy (non-hydrogen) atoms. The minimum atomic E-state index is -4.83. The summed E-state index contributed by atoms with van der Waals surface area (Å²) >= 11 is 0. The molecule has 1 aromatic rings. The number of rotatable bonds is 3. The highest BCUT2D eigenvalue weighted by molar-refractivity contribution is 6.26. The van der Waals surface area contributed by atoms with Gasteiger partial charge in [-0.3, -0.25) is 24.5 Å². The summed E-state index contributed by atoms with van der Waals surface area (Å²) in [5.74, 6) is -4.20. The van der Waals surface area contributed by atoms with E-state index < -0.39 is 56.6 Å². The minimum Gasteiger partial charge on any atom is -0.298 e. The Kier molecular flexibility index (Phi) is 4.54. The number of carbonyl (C=O) groups is 3. The molecule has 6 nitrogen and oxygen atoms in total. The fourth-order valence-corrected chi connectivity index (χ4v) is 2.90. The number of benzene rings is 1. The number of halogens is 3. The van der Waals surface area contributed by atoms with E-state index in [2.05, 4.69) is 0 Å². The molecule has 0 bridgehead atoms. The van der Waals surface area contributed by atoms with Gasteiger partial charge in [0.1, 0.15) is 5.92 Å². The van der Waals surface area contributed by atoms with Crippen LogP contribution in [-0.2, 0) is 15.8 Å². The van der Waals surface area contributed by atoms with Gasteiger partial charge in [-0.25, -0.2) is 0 Å². The lowest BCUT2D eigenvalue weighted by Gasteiger charge is -2.31. The van der Waals surface area contributed by atoms with Gasteiger partial charge < -0.3 is 0 Å². The van der Waals surface area contributed by atoms with Crippen molar-refractivity contribution in [3.8, 4) is 0 Å². The van der Waals surface area contributed by atoms with Gasteiger partial charge in [0.25, 0.3) is 5.69 Å². The number of nitro groups is 1. The fraction of sp³-hybridized carbons (Fsp3) is 0.438. The summed E-state index contributed by atoms with van der Waals surface area (Å²) in [7, 11) is 0. The predicted octanol–water partition coefficient (Wildman–Crippen LogP) is 3.37. The molecular weight excluding hydrogens is 343 g/mol. The molecule has 0 aliphatic heterocycles. The summed E-state index contributed by atoms with van der Waals surface area (Å²) < 4.78 is 38.1. The second-order valence-corrected chi connectivity index (χ2v) is 6.73. The average Bonchev–Trinajstić information content (AvgIpc) is 2.43. The molecule has 1 aromatic carbocycles. The van der Waals surface area contributed by atoms with Gasteiger partial charge in [-0.2, -0.15) is 13.2 Å². The van der Waals surface area contributed by atoms with Crippen LogP contribution in [0.4, 0.5) is 18.9 Å². The van der Waals surface area contributed by atoms with Crippen molar-refractivity contribution in [1.82, 2.24) is 0 Å². The smallest absolute Gasteiger partial charge is 0.298 e. The molecule has 0 unspecified atom stereocenters. The third kappa shape index (κ3) is 3.75. The number of carbonyl (C=O) groups excluding carboxylic acids is 3. The summed E-state index contributed by atoms with van der Waals surface area (Å²) in [6, 6.07) is 1.39. The molecule has 0 radical (unpaired) electrons. The molecule has 0 spiro atoms. The monoisotopic (exact) mass is 357 g/mol. The second-order valence-electron chi connectivity index (χ2n) is 6.73. The van der Waals surface area contributed by atoms with E-state index in [-0.39, 0.29) is 18.9 Å². The van der Waals surface area contributed by atoms with Crippen molar-refractivity contribution >= 4 is 23.0 Å². The first-order chi connectivity index (χ1) is 11.3. The van der Waals surface area contributed by atoms with Crippen LogP contribution in [0.25, 0.3) is 0 Å². The molecule has 1 saturated carbocycles. The largest absolute Gasteiger partial charge is 0.416 e. The molecule has 0 atom stereocenters. The lowest BCUT2D eigenvalue weighted by molar-refractivity contribution is -0.385. The average molecular weight is 357 g/mol. The molecule has 0 N–H and O–H groups in total. The number of ketones is 3. The summed E-state index contributed by atoms with van der Waals surface area (Å²) in [5, 5.41) is 11.1. The van der Waals surface area contributed by atoms with E-state index in [1.165, 1.54) is 0 Å². The van der Waals surface area contributed by atoms with Crippen LogP contribution >= 0.6 is 0 Å². The van der Waals surface area contributed by atoms with Crippen LogP contribution in [0.2, 0.25) is 0 Å². The van der Waals surface area contributed by atoms with Gasteiger partial charge in [-0.05, 0) is 17.5 Å². The Labute approximate surface area is 140 Å². The number of nitrogens with zero attached hydrogens (tertiary/aromatic N) is 1. The zero-order chi connectivity index (χ0) is 19.2. The highest BCUT2D eigenvalue weighted by Crippen LogP contribution is 2.37. The maximum absolute atomic E-state index is 12.7. The molecule has 0 amide bonds. The first-order valence-electron chi connectivity index (χ1n) is 7.29. The Balaban J connectivity index is 2.47. The standard InChI is InChI=1S/C16H14F3NO5/c1-15(2)6-11(21)13(12(22)7-15)14(23)9-4-3-8(16(17,18)19)5-10(9)20(24)25/h3-5,13H,6-7H2,1-2H3. The predicted molar refractivity (Wildman–Crippen MR) is 78.9 cm³/mol. The van der Waals surface area contributed by atoms with E-state index in [4.69, 9.17) is 0 Å². The Morgan fingerprint density at radius 1 is 1.20 bits per heavy atom. The summed E-state index contributed by atoms with van der Waals surface area (Å²) in [4.78, 5) is 46.7. The van der Waals surface area contributed by atoms with Gasteiger partial charge in [-0.15, -0.1) is 0 Å². The van der Waals surface area contributed by atoms with Gasteiger partial charge in [0.15, 0.2) is 17.3 Å². The Bertz CT molecular complexity index is 762. The van der Waals surface area contributed by atoms with Crippen LogP contribution in [-0.4, -0.2) is 22.3 Å². The van der Waals surface area contributed by atoms with Gasteiger partial charge in [-0.1, -0.05) is 13.8 Å². The molecule has 0 heterocycles. The van der Waals surface area contributed by atoms with Crippen LogP contribution in [0.15, 0.2) is 18.2 Å². The molecule has 9 heteroatoms. The molecule has 1 aliphatic rings. The minimum absolute atomic E-state index is 0.0659. The van der Waals surface area contributed by atoms with Crippen molar-refractivity contribution in [1.29, 1.82) is 0 Å². The number of alkyl halides is 3. The number of hydrogen-bond acceptors (Lipinski definition) is 5. The first kappa shape index (κ1) is 18.8. The molecule has 0 saturated heterocycles. The van der Waals surface area contributed by atoms with E-state index >= 15 is 0 Å². The number of nitro benzene ring substituents is 1. The van der Waals surface area contributed by atoms with E-state index in [1.54, 1.807) is 13.8 Å². The van der Waals surface area contributed by atoms with E-state index in [0.29, 0.717) is 12.1 Å². The third-order valence-electron chi connectivity index (χ3n) is 4.00. The number of hydrogen-bond donors (Lipinski definition) is 0. The highest BCUT2D eigenvalue weighted by atomic mass is 19.4. The zero-order valence-electron chi connectivity index (χ0n) is 13.3. The zero-order valence-corrected chi connectivity index (χ0v) is 13.3. The lowest BCUT2D eigenvalue weighted by Crippen LogP contribution is -2.42. The molecule has 2 rings (SSSR count). The Hall–Kier alpha value is -2.58. The fourth-order valence-electron chi connectivity index (χ4n) is 2.90. The summed E-state index contributed by atoms with van der Waals surface area (Å²) in [6.07, 6.45) is -4.96. The molecule has 1 fully saturated rings. The van der Waals surface area contributed by atoms with Crippen molar-refractivity contribution in [3.05, 3.63) is 39.4 Å². The van der Waals surface area contributed by atoms with Crippen LogP contribution in [0.1, 0.15) is 42.6 Å². The van der Waals surface area contributed by atoms with E-state index in [9.17, 15) is 37.7 Å². The van der Waals surface area contributed by atoms with E-state index in [0.717, 1.165) is 0 Å². The normalized spacial score (nSPS) is 18.3. The van der Waals surface area contributed by atoms with Crippen LogP contribution in [0.5, 0.6) is 0 Å². The van der Waals surface area contributed by atoms with Crippen molar-refractivity contribution in [2.75, 3.05) is 0 Å².